The van der Waals surface area contributed by atoms with Gasteiger partial charge in [0.1, 0.15) is 36.5 Å². The van der Waals surface area contributed by atoms with E-state index >= 15 is 0 Å². The summed E-state index contributed by atoms with van der Waals surface area (Å²) in [5.41, 5.74) is 7.58. The fourth-order valence-corrected chi connectivity index (χ4v) is 7.33. The van der Waals surface area contributed by atoms with Crippen molar-refractivity contribution >= 4 is 17.5 Å². The number of tetrazole rings is 1. The number of H-pyrrole nitrogens is 1. The number of nitrogens with zero attached hydrogens (tertiary/aromatic N) is 7. The van der Waals surface area contributed by atoms with E-state index in [9.17, 15) is 10.1 Å². The lowest BCUT2D eigenvalue weighted by atomic mass is 9.93. The molecule has 2 N–H and O–H groups in total. The number of aromatic nitrogens is 5. The smallest absolute Gasteiger partial charge is 0.217 e. The van der Waals surface area contributed by atoms with E-state index in [1.165, 1.54) is 6.20 Å². The van der Waals surface area contributed by atoms with E-state index in [1.54, 1.807) is 19.2 Å². The number of hydrogen-bond acceptors (Lipinski definition) is 11. The van der Waals surface area contributed by atoms with Gasteiger partial charge in [0.2, 0.25) is 5.91 Å². The number of likely N-dealkylation sites (N-methyl/N-ethyl adjacent to an activating group) is 1. The Kier molecular flexibility index (Phi) is 14.5. The Morgan fingerprint density at radius 1 is 0.982 bits per heavy atom. The minimum absolute atomic E-state index is 0.0480. The second kappa shape index (κ2) is 20.0. The Morgan fingerprint density at radius 2 is 1.75 bits per heavy atom. The van der Waals surface area contributed by atoms with Crippen LogP contribution in [0, 0.1) is 25.2 Å². The van der Waals surface area contributed by atoms with Crippen molar-refractivity contribution in [1.82, 2.24) is 40.7 Å². The minimum atomic E-state index is 0.0480. The first kappa shape index (κ1) is 41.1. The maximum absolute atomic E-state index is 11.4. The van der Waals surface area contributed by atoms with Gasteiger partial charge in [0.15, 0.2) is 5.82 Å². The number of rotatable bonds is 18. The summed E-state index contributed by atoms with van der Waals surface area (Å²) in [7, 11) is 2.00. The molecule has 3 heterocycles. The molecule has 13 nitrogen and oxygen atoms in total. The van der Waals surface area contributed by atoms with E-state index in [2.05, 4.69) is 84.9 Å². The first-order valence-corrected chi connectivity index (χ1v) is 19.7. The predicted molar refractivity (Wildman–Crippen MR) is 218 cm³/mol. The molecule has 1 aliphatic heterocycles. The van der Waals surface area contributed by atoms with Crippen LogP contribution in [-0.2, 0) is 31.0 Å². The third kappa shape index (κ3) is 11.5. The van der Waals surface area contributed by atoms with Gasteiger partial charge in [0.25, 0.3) is 0 Å². The van der Waals surface area contributed by atoms with E-state index in [0.717, 1.165) is 83.6 Å². The molecule has 298 valence electrons. The van der Waals surface area contributed by atoms with Crippen LogP contribution in [0.3, 0.4) is 0 Å². The van der Waals surface area contributed by atoms with Gasteiger partial charge in [-0.15, -0.1) is 10.2 Å². The molecule has 0 atom stereocenters. The summed E-state index contributed by atoms with van der Waals surface area (Å²) in [4.78, 5) is 20.2. The molecule has 1 saturated heterocycles. The highest BCUT2D eigenvalue weighted by Gasteiger charge is 2.20. The highest BCUT2D eigenvalue weighted by atomic mass is 35.5. The van der Waals surface area contributed by atoms with Crippen LogP contribution in [0.1, 0.15) is 65.4 Å². The fourth-order valence-electron chi connectivity index (χ4n) is 7.09. The van der Waals surface area contributed by atoms with Gasteiger partial charge in [0.05, 0.1) is 17.2 Å². The highest BCUT2D eigenvalue weighted by Crippen LogP contribution is 2.37. The van der Waals surface area contributed by atoms with Crippen molar-refractivity contribution in [3.8, 4) is 34.4 Å². The van der Waals surface area contributed by atoms with Crippen molar-refractivity contribution in [1.29, 1.82) is 5.26 Å². The second-order valence-corrected chi connectivity index (χ2v) is 14.9. The van der Waals surface area contributed by atoms with Crippen LogP contribution in [-0.4, -0.2) is 87.2 Å². The largest absolute Gasteiger partial charge is 0.493 e. The van der Waals surface area contributed by atoms with Crippen molar-refractivity contribution in [2.45, 2.75) is 72.3 Å². The van der Waals surface area contributed by atoms with Crippen LogP contribution in [0.2, 0.25) is 5.02 Å². The molecule has 0 spiro atoms. The standard InChI is InChI=1S/C43H50ClN9O4/c1-29-34(8-5-9-37(29)38-10-6-11-40(30(38)2)55-19-7-15-53-17-12-36(13-18-53)47-31(3)54)28-57-42-22-41(56-27-33-20-32(23-45)24-46-25-33)35(21-39(42)44)26-52(4)16-14-43-48-50-51-49-43/h5-6,8-11,20-22,24-25,36H,7,12-19,26-28H2,1-4H3,(H,47,54)(H,48,49,50,51). The number of halogens is 1. The van der Waals surface area contributed by atoms with Crippen molar-refractivity contribution < 1.29 is 19.0 Å². The van der Waals surface area contributed by atoms with Crippen LogP contribution >= 0.6 is 11.6 Å². The number of ether oxygens (including phenoxy) is 3. The number of aromatic amines is 1. The summed E-state index contributed by atoms with van der Waals surface area (Å²) >= 11 is 6.88. The van der Waals surface area contributed by atoms with Gasteiger partial charge in [0, 0.05) is 81.7 Å². The number of hydrogen-bond donors (Lipinski definition) is 2. The van der Waals surface area contributed by atoms with Crippen LogP contribution in [0.15, 0.2) is 67.0 Å². The molecule has 1 aliphatic rings. The summed E-state index contributed by atoms with van der Waals surface area (Å²) in [6.45, 7) is 11.1. The van der Waals surface area contributed by atoms with Gasteiger partial charge in [-0.05, 0) is 86.2 Å². The molecule has 3 aromatic carbocycles. The summed E-state index contributed by atoms with van der Waals surface area (Å²) in [5.74, 6) is 2.69. The van der Waals surface area contributed by atoms with Gasteiger partial charge < -0.3 is 29.3 Å². The van der Waals surface area contributed by atoms with E-state index in [0.29, 0.717) is 60.6 Å². The van der Waals surface area contributed by atoms with Crippen LogP contribution < -0.4 is 19.5 Å². The third-order valence-electron chi connectivity index (χ3n) is 10.3. The topological polar surface area (TPSA) is 154 Å². The molecule has 1 amide bonds. The lowest BCUT2D eigenvalue weighted by molar-refractivity contribution is -0.119. The molecular weight excluding hydrogens is 742 g/mol. The molecular formula is C43H50ClN9O4. The Bertz CT molecular complexity index is 2150. The maximum Gasteiger partial charge on any atom is 0.217 e. The number of carbonyl (C=O) groups excluding carboxylic acids is 1. The number of pyridine rings is 1. The summed E-state index contributed by atoms with van der Waals surface area (Å²) in [6.07, 6.45) is 6.75. The number of piperidine rings is 1. The third-order valence-corrected chi connectivity index (χ3v) is 10.5. The molecule has 1 fully saturated rings. The van der Waals surface area contributed by atoms with E-state index in [-0.39, 0.29) is 18.6 Å². The maximum atomic E-state index is 11.4. The zero-order valence-corrected chi connectivity index (χ0v) is 33.8. The van der Waals surface area contributed by atoms with Gasteiger partial charge in [-0.1, -0.05) is 47.1 Å². The van der Waals surface area contributed by atoms with E-state index < -0.39 is 0 Å². The number of nitriles is 1. The Balaban J connectivity index is 1.11. The molecule has 0 aliphatic carbocycles. The monoisotopic (exact) mass is 791 g/mol. The van der Waals surface area contributed by atoms with E-state index in [1.807, 2.05) is 31.3 Å². The fraction of sp³-hybridized carbons (Fsp3) is 0.395. The van der Waals surface area contributed by atoms with Gasteiger partial charge in [-0.3, -0.25) is 9.78 Å². The molecule has 14 heteroatoms. The zero-order valence-electron chi connectivity index (χ0n) is 33.1. The summed E-state index contributed by atoms with van der Waals surface area (Å²) in [6, 6.07) is 20.4. The normalized spacial score (nSPS) is 13.4. The number of carbonyl (C=O) groups is 1. The zero-order chi connectivity index (χ0) is 40.1. The first-order chi connectivity index (χ1) is 27.7. The Morgan fingerprint density at radius 3 is 2.51 bits per heavy atom. The molecule has 0 radical (unpaired) electrons. The molecule has 6 rings (SSSR count). The highest BCUT2D eigenvalue weighted by molar-refractivity contribution is 6.32. The Hall–Kier alpha value is -5.55. The van der Waals surface area contributed by atoms with Gasteiger partial charge in [-0.2, -0.15) is 10.5 Å². The van der Waals surface area contributed by atoms with Crippen LogP contribution in [0.25, 0.3) is 11.1 Å². The lowest BCUT2D eigenvalue weighted by Gasteiger charge is -2.32. The van der Waals surface area contributed by atoms with Crippen molar-refractivity contribution in [2.75, 3.05) is 39.8 Å². The average Bonchev–Trinajstić information content (AvgIpc) is 3.74. The van der Waals surface area contributed by atoms with Crippen LogP contribution in [0.4, 0.5) is 0 Å². The van der Waals surface area contributed by atoms with Crippen molar-refractivity contribution in [2.24, 2.45) is 0 Å². The molecule has 0 unspecified atom stereocenters. The first-order valence-electron chi connectivity index (χ1n) is 19.3. The summed E-state index contributed by atoms with van der Waals surface area (Å²) in [5, 5.41) is 27.1. The molecule has 57 heavy (non-hydrogen) atoms. The quantitative estimate of drug-likeness (QED) is 0.0923. The average molecular weight is 792 g/mol. The Labute approximate surface area is 339 Å². The van der Waals surface area contributed by atoms with Crippen molar-refractivity contribution in [3.63, 3.8) is 0 Å². The minimum Gasteiger partial charge on any atom is -0.493 e. The van der Waals surface area contributed by atoms with E-state index in [4.69, 9.17) is 25.8 Å². The molecule has 0 bridgehead atoms. The van der Waals surface area contributed by atoms with Gasteiger partial charge >= 0.3 is 0 Å². The molecule has 5 aromatic rings. The van der Waals surface area contributed by atoms with Gasteiger partial charge in [-0.25, -0.2) is 0 Å². The lowest BCUT2D eigenvalue weighted by Crippen LogP contribution is -2.44. The molecule has 2 aromatic heterocycles. The van der Waals surface area contributed by atoms with Crippen LogP contribution in [0.5, 0.6) is 17.2 Å². The SMILES string of the molecule is CC(=O)NC1CCN(CCCOc2cccc(-c3cccc(COc4cc(OCc5cncc(C#N)c5)c(CN(C)CCc5nn[nH]n5)cc4Cl)c3C)c2C)CC1. The number of amides is 1. The summed E-state index contributed by atoms with van der Waals surface area (Å²) < 4.78 is 19.1. The molecule has 0 saturated carbocycles. The van der Waals surface area contributed by atoms with Crippen molar-refractivity contribution in [3.05, 3.63) is 111 Å². The number of likely N-dealkylation sites (tertiary alicyclic amines) is 1. The number of nitrogens with one attached hydrogen (secondary N) is 2. The number of benzene rings is 3. The second-order valence-electron chi connectivity index (χ2n) is 14.5. The predicted octanol–water partition coefficient (Wildman–Crippen LogP) is 6.61.